The van der Waals surface area contributed by atoms with E-state index >= 15 is 0 Å². The van der Waals surface area contributed by atoms with Crippen molar-refractivity contribution in [3.8, 4) is 5.75 Å². The van der Waals surface area contributed by atoms with Gasteiger partial charge >= 0.3 is 0 Å². The molecule has 2 aromatic rings. The molecule has 1 aliphatic heterocycles. The smallest absolute Gasteiger partial charge is 0.215 e. The minimum absolute atomic E-state index is 0.0186. The molecule has 0 aromatic heterocycles. The quantitative estimate of drug-likeness (QED) is 0.449. The number of benzene rings is 2. The van der Waals surface area contributed by atoms with Gasteiger partial charge in [-0.15, -0.1) is 0 Å². The number of sulfonamides is 1. The van der Waals surface area contributed by atoms with Gasteiger partial charge in [0.25, 0.3) is 0 Å². The Labute approximate surface area is 172 Å². The lowest BCUT2D eigenvalue weighted by atomic mass is 10.1. The van der Waals surface area contributed by atoms with Gasteiger partial charge < -0.3 is 15.4 Å². The molecule has 2 aromatic carbocycles. The lowest BCUT2D eigenvalue weighted by molar-refractivity contribution is 0.357. The summed E-state index contributed by atoms with van der Waals surface area (Å²) in [4.78, 5) is 4.26. The number of guanidine groups is 1. The summed E-state index contributed by atoms with van der Waals surface area (Å²) in [5.41, 5.74) is 4.38. The van der Waals surface area contributed by atoms with E-state index < -0.39 is 10.0 Å². The van der Waals surface area contributed by atoms with E-state index in [0.29, 0.717) is 6.54 Å². The second kappa shape index (κ2) is 9.76. The molecule has 0 radical (unpaired) electrons. The zero-order valence-corrected chi connectivity index (χ0v) is 17.7. The van der Waals surface area contributed by atoms with E-state index in [2.05, 4.69) is 38.5 Å². The summed E-state index contributed by atoms with van der Waals surface area (Å²) >= 11 is 0. The first-order chi connectivity index (χ1) is 14.0. The number of aliphatic imine (C=N–C) groups is 1. The van der Waals surface area contributed by atoms with Gasteiger partial charge in [-0.2, -0.15) is 0 Å². The third-order valence-electron chi connectivity index (χ3n) is 4.83. The van der Waals surface area contributed by atoms with Crippen molar-refractivity contribution in [3.05, 3.63) is 64.7 Å². The summed E-state index contributed by atoms with van der Waals surface area (Å²) in [6, 6.07) is 13.9. The van der Waals surface area contributed by atoms with E-state index in [1.807, 2.05) is 24.3 Å². The van der Waals surface area contributed by atoms with Crippen LogP contribution >= 0.6 is 0 Å². The maximum absolute atomic E-state index is 11.6. The molecule has 29 heavy (non-hydrogen) atoms. The average Bonchev–Trinajstić information content (AvgIpc) is 3.19. The van der Waals surface area contributed by atoms with Crippen molar-refractivity contribution in [2.75, 3.05) is 27.2 Å². The number of ether oxygens (including phenoxy) is 1. The van der Waals surface area contributed by atoms with Crippen LogP contribution < -0.4 is 20.1 Å². The lowest BCUT2D eigenvalue weighted by Crippen LogP contribution is -2.37. The number of nitrogens with zero attached hydrogens (tertiary/aromatic N) is 1. The highest BCUT2D eigenvalue weighted by molar-refractivity contribution is 7.88. The van der Waals surface area contributed by atoms with Gasteiger partial charge in [-0.25, -0.2) is 13.1 Å². The SMILES string of the molecule is CN=C(NCCc1ccc2c(c1)CCO2)NCc1ccc(CS(=O)(=O)NC)cc1. The molecule has 0 atom stereocenters. The van der Waals surface area contributed by atoms with Crippen molar-refractivity contribution in [1.82, 2.24) is 15.4 Å². The number of rotatable bonds is 8. The molecule has 0 bridgehead atoms. The normalized spacial score (nSPS) is 13.7. The van der Waals surface area contributed by atoms with Crippen LogP contribution in [0.25, 0.3) is 0 Å². The number of fused-ring (bicyclic) bond motifs is 1. The Hall–Kier alpha value is -2.58. The van der Waals surface area contributed by atoms with Crippen LogP contribution in [-0.2, 0) is 35.2 Å². The second-order valence-electron chi connectivity index (χ2n) is 6.92. The van der Waals surface area contributed by atoms with Crippen LogP contribution in [0.1, 0.15) is 22.3 Å². The molecule has 1 heterocycles. The molecule has 7 nitrogen and oxygen atoms in total. The van der Waals surface area contributed by atoms with Crippen LogP contribution in [0.5, 0.6) is 5.75 Å². The van der Waals surface area contributed by atoms with Gasteiger partial charge in [-0.1, -0.05) is 36.4 Å². The molecule has 0 unspecified atom stereocenters. The first-order valence-electron chi connectivity index (χ1n) is 9.67. The summed E-state index contributed by atoms with van der Waals surface area (Å²) in [7, 11) is -0.0880. The molecular formula is C21H28N4O3S. The monoisotopic (exact) mass is 416 g/mol. The third-order valence-corrected chi connectivity index (χ3v) is 6.17. The molecule has 0 saturated heterocycles. The summed E-state index contributed by atoms with van der Waals surface area (Å²) in [6.45, 7) is 2.16. The Morgan fingerprint density at radius 2 is 1.79 bits per heavy atom. The van der Waals surface area contributed by atoms with Crippen LogP contribution in [0, 0.1) is 0 Å². The standard InChI is InChI=1S/C21H28N4O3S/c1-22-21(24-11-9-16-7-8-20-19(13-16)10-12-28-20)25-14-17-3-5-18(6-4-17)15-29(26,27)23-2/h3-8,13,23H,9-12,14-15H2,1-2H3,(H2,22,24,25). The van der Waals surface area contributed by atoms with Crippen molar-refractivity contribution in [1.29, 1.82) is 0 Å². The van der Waals surface area contributed by atoms with Crippen molar-refractivity contribution < 1.29 is 13.2 Å². The molecular weight excluding hydrogens is 388 g/mol. The first kappa shape index (κ1) is 21.1. The van der Waals surface area contributed by atoms with Crippen LogP contribution in [0.3, 0.4) is 0 Å². The highest BCUT2D eigenvalue weighted by Crippen LogP contribution is 2.25. The average molecular weight is 417 g/mol. The highest BCUT2D eigenvalue weighted by atomic mass is 32.2. The minimum Gasteiger partial charge on any atom is -0.493 e. The van der Waals surface area contributed by atoms with Crippen LogP contribution in [0.15, 0.2) is 47.5 Å². The van der Waals surface area contributed by atoms with Gasteiger partial charge in [0, 0.05) is 26.6 Å². The van der Waals surface area contributed by atoms with Crippen LogP contribution in [-0.4, -0.2) is 41.6 Å². The van der Waals surface area contributed by atoms with Crippen molar-refractivity contribution >= 4 is 16.0 Å². The minimum atomic E-state index is -3.25. The maximum atomic E-state index is 11.6. The summed E-state index contributed by atoms with van der Waals surface area (Å²) in [6.07, 6.45) is 1.89. The van der Waals surface area contributed by atoms with Crippen LogP contribution in [0.4, 0.5) is 0 Å². The van der Waals surface area contributed by atoms with Crippen molar-refractivity contribution in [3.63, 3.8) is 0 Å². The molecule has 156 valence electrons. The van der Waals surface area contributed by atoms with Crippen LogP contribution in [0.2, 0.25) is 0 Å². The molecule has 0 fully saturated rings. The Balaban J connectivity index is 1.44. The van der Waals surface area contributed by atoms with E-state index in [4.69, 9.17) is 4.74 Å². The first-order valence-corrected chi connectivity index (χ1v) is 11.3. The Kier molecular flexibility index (Phi) is 7.11. The Morgan fingerprint density at radius 3 is 2.52 bits per heavy atom. The zero-order valence-electron chi connectivity index (χ0n) is 16.9. The maximum Gasteiger partial charge on any atom is 0.215 e. The van der Waals surface area contributed by atoms with E-state index in [9.17, 15) is 8.42 Å². The van der Waals surface area contributed by atoms with E-state index in [1.54, 1.807) is 7.05 Å². The molecule has 0 saturated carbocycles. The van der Waals surface area contributed by atoms with Gasteiger partial charge in [0.1, 0.15) is 5.75 Å². The molecule has 0 spiro atoms. The zero-order chi connectivity index (χ0) is 20.7. The van der Waals surface area contributed by atoms with Gasteiger partial charge in [-0.3, -0.25) is 4.99 Å². The molecule has 1 aliphatic rings. The summed E-state index contributed by atoms with van der Waals surface area (Å²) < 4.78 is 31.1. The van der Waals surface area contributed by atoms with Gasteiger partial charge in [0.15, 0.2) is 5.96 Å². The fraction of sp³-hybridized carbons (Fsp3) is 0.381. The van der Waals surface area contributed by atoms with Gasteiger partial charge in [0.2, 0.25) is 10.0 Å². The predicted octanol–water partition coefficient (Wildman–Crippen LogP) is 1.58. The molecule has 3 N–H and O–H groups in total. The second-order valence-corrected chi connectivity index (χ2v) is 8.85. The summed E-state index contributed by atoms with van der Waals surface area (Å²) in [5, 5.41) is 6.61. The molecule has 8 heteroatoms. The molecule has 0 aliphatic carbocycles. The Morgan fingerprint density at radius 1 is 1.07 bits per heavy atom. The third kappa shape index (κ3) is 6.20. The highest BCUT2D eigenvalue weighted by Gasteiger charge is 2.12. The number of hydrogen-bond acceptors (Lipinski definition) is 4. The van der Waals surface area contributed by atoms with E-state index in [1.165, 1.54) is 18.2 Å². The topological polar surface area (TPSA) is 91.8 Å². The number of hydrogen-bond donors (Lipinski definition) is 3. The molecule has 3 rings (SSSR count). The summed E-state index contributed by atoms with van der Waals surface area (Å²) in [5.74, 6) is 1.72. The van der Waals surface area contributed by atoms with Crippen molar-refractivity contribution in [2.24, 2.45) is 4.99 Å². The predicted molar refractivity (Wildman–Crippen MR) is 116 cm³/mol. The van der Waals surface area contributed by atoms with E-state index in [0.717, 1.165) is 48.8 Å². The molecule has 0 amide bonds. The van der Waals surface area contributed by atoms with Gasteiger partial charge in [-0.05, 0) is 41.8 Å². The van der Waals surface area contributed by atoms with E-state index in [-0.39, 0.29) is 5.75 Å². The fourth-order valence-corrected chi connectivity index (χ4v) is 3.95. The fourth-order valence-electron chi connectivity index (χ4n) is 3.17. The Bertz CT molecular complexity index is 956. The lowest BCUT2D eigenvalue weighted by Gasteiger charge is -2.12. The van der Waals surface area contributed by atoms with Crippen molar-refractivity contribution in [2.45, 2.75) is 25.1 Å². The van der Waals surface area contributed by atoms with Gasteiger partial charge in [0.05, 0.1) is 12.4 Å². The number of nitrogens with one attached hydrogen (secondary N) is 3. The largest absolute Gasteiger partial charge is 0.493 e.